The summed E-state index contributed by atoms with van der Waals surface area (Å²) in [5, 5.41) is 0. The summed E-state index contributed by atoms with van der Waals surface area (Å²) in [6.07, 6.45) is 11.9. The maximum absolute atomic E-state index is 3.49. The fourth-order valence-electron chi connectivity index (χ4n) is 2.37. The predicted molar refractivity (Wildman–Crippen MR) is 84.3 cm³/mol. The van der Waals surface area contributed by atoms with E-state index in [1.165, 1.54) is 41.1 Å². The number of allylic oxidation sites excluding steroid dienone is 4. The Balaban J connectivity index is 1.89. The van der Waals surface area contributed by atoms with Crippen LogP contribution in [-0.4, -0.2) is 0 Å². The fourth-order valence-corrected chi connectivity index (χ4v) is 3.84. The van der Waals surface area contributed by atoms with Crippen molar-refractivity contribution >= 4 is 32.6 Å². The van der Waals surface area contributed by atoms with Gasteiger partial charge in [0.15, 0.2) is 0 Å². The van der Waals surface area contributed by atoms with Crippen molar-refractivity contribution in [3.63, 3.8) is 0 Å². The van der Waals surface area contributed by atoms with Gasteiger partial charge in [-0.05, 0) is 43.4 Å². The van der Waals surface area contributed by atoms with Crippen LogP contribution in [-0.2, 0) is 0 Å². The van der Waals surface area contributed by atoms with Crippen LogP contribution < -0.4 is 0 Å². The van der Waals surface area contributed by atoms with E-state index in [4.69, 9.17) is 0 Å². The van der Waals surface area contributed by atoms with Gasteiger partial charge in [0, 0.05) is 14.3 Å². The SMILES string of the molecule is Brc1ccc(C2=CCCC3=C(C=CCC3)S2)cc1. The average molecular weight is 319 g/mol. The van der Waals surface area contributed by atoms with Gasteiger partial charge in [0.1, 0.15) is 0 Å². The lowest BCUT2D eigenvalue weighted by Crippen LogP contribution is -1.90. The van der Waals surface area contributed by atoms with Crippen molar-refractivity contribution in [1.29, 1.82) is 0 Å². The Morgan fingerprint density at radius 2 is 1.78 bits per heavy atom. The van der Waals surface area contributed by atoms with E-state index in [0.29, 0.717) is 0 Å². The third-order valence-corrected chi connectivity index (χ3v) is 5.15. The van der Waals surface area contributed by atoms with E-state index < -0.39 is 0 Å². The van der Waals surface area contributed by atoms with E-state index in [2.05, 4.69) is 58.4 Å². The molecule has 0 atom stereocenters. The second kappa shape index (κ2) is 5.50. The molecule has 0 saturated heterocycles. The molecule has 18 heavy (non-hydrogen) atoms. The van der Waals surface area contributed by atoms with Crippen LogP contribution in [0.1, 0.15) is 31.2 Å². The summed E-state index contributed by atoms with van der Waals surface area (Å²) in [5.41, 5.74) is 2.97. The van der Waals surface area contributed by atoms with E-state index in [0.717, 1.165) is 4.47 Å². The third kappa shape index (κ3) is 2.65. The lowest BCUT2D eigenvalue weighted by atomic mass is 10.0. The van der Waals surface area contributed by atoms with Crippen molar-refractivity contribution in [2.45, 2.75) is 25.7 Å². The van der Waals surface area contributed by atoms with Crippen LogP contribution in [0.2, 0.25) is 0 Å². The zero-order chi connectivity index (χ0) is 12.4. The summed E-state index contributed by atoms with van der Waals surface area (Å²) in [6.45, 7) is 0. The van der Waals surface area contributed by atoms with Crippen molar-refractivity contribution < 1.29 is 0 Å². The quantitative estimate of drug-likeness (QED) is 0.619. The molecule has 2 aliphatic rings. The summed E-state index contributed by atoms with van der Waals surface area (Å²) in [7, 11) is 0. The molecule has 1 heterocycles. The molecule has 0 unspecified atom stereocenters. The largest absolute Gasteiger partial charge is 0.0899 e. The lowest BCUT2D eigenvalue weighted by Gasteiger charge is -2.13. The van der Waals surface area contributed by atoms with Crippen LogP contribution in [0.15, 0.2) is 57.4 Å². The fraction of sp³-hybridized carbons (Fsp3) is 0.250. The molecule has 1 aromatic rings. The highest BCUT2D eigenvalue weighted by Gasteiger charge is 2.15. The number of halogens is 1. The van der Waals surface area contributed by atoms with Crippen molar-refractivity contribution in [3.8, 4) is 0 Å². The minimum Gasteiger partial charge on any atom is -0.0899 e. The van der Waals surface area contributed by atoms with E-state index in [9.17, 15) is 0 Å². The summed E-state index contributed by atoms with van der Waals surface area (Å²) in [5.74, 6) is 0. The molecule has 0 bridgehead atoms. The van der Waals surface area contributed by atoms with Gasteiger partial charge in [-0.1, -0.05) is 63.6 Å². The molecule has 0 fully saturated rings. The Labute approximate surface area is 121 Å². The zero-order valence-electron chi connectivity index (χ0n) is 10.2. The number of hydrogen-bond acceptors (Lipinski definition) is 1. The lowest BCUT2D eigenvalue weighted by molar-refractivity contribution is 0.853. The smallest absolute Gasteiger partial charge is 0.0175 e. The summed E-state index contributed by atoms with van der Waals surface area (Å²) >= 11 is 5.43. The van der Waals surface area contributed by atoms with Gasteiger partial charge in [0.25, 0.3) is 0 Å². The van der Waals surface area contributed by atoms with Gasteiger partial charge in [-0.25, -0.2) is 0 Å². The molecule has 1 aromatic carbocycles. The van der Waals surface area contributed by atoms with Crippen LogP contribution in [0, 0.1) is 0 Å². The number of hydrogen-bond donors (Lipinski definition) is 0. The van der Waals surface area contributed by atoms with Crippen LogP contribution in [0.4, 0.5) is 0 Å². The molecule has 1 aliphatic heterocycles. The van der Waals surface area contributed by atoms with Crippen molar-refractivity contribution in [1.82, 2.24) is 0 Å². The summed E-state index contributed by atoms with van der Waals surface area (Å²) in [6, 6.07) is 8.63. The first-order valence-electron chi connectivity index (χ1n) is 6.35. The van der Waals surface area contributed by atoms with Gasteiger partial charge in [0.05, 0.1) is 0 Å². The second-order valence-electron chi connectivity index (χ2n) is 4.62. The summed E-state index contributed by atoms with van der Waals surface area (Å²) in [4.78, 5) is 2.88. The summed E-state index contributed by atoms with van der Waals surface area (Å²) < 4.78 is 1.14. The van der Waals surface area contributed by atoms with Gasteiger partial charge in [-0.3, -0.25) is 0 Å². The molecule has 0 radical (unpaired) electrons. The standard InChI is InChI=1S/C16H15BrS/c17-14-10-8-13(9-11-14)16-7-3-5-12-4-1-2-6-15(12)18-16/h2,6-11H,1,3-5H2. The first-order chi connectivity index (χ1) is 8.83. The second-order valence-corrected chi connectivity index (χ2v) is 6.62. The third-order valence-electron chi connectivity index (χ3n) is 3.35. The molecule has 92 valence electrons. The van der Waals surface area contributed by atoms with Crippen LogP contribution in [0.5, 0.6) is 0 Å². The van der Waals surface area contributed by atoms with Gasteiger partial charge < -0.3 is 0 Å². The Bertz CT molecular complexity index is 535. The van der Waals surface area contributed by atoms with Gasteiger partial charge >= 0.3 is 0 Å². The topological polar surface area (TPSA) is 0 Å². The number of benzene rings is 1. The van der Waals surface area contributed by atoms with E-state index in [1.807, 2.05) is 11.8 Å². The normalized spacial score (nSPS) is 19.3. The number of rotatable bonds is 1. The molecule has 0 saturated carbocycles. The first-order valence-corrected chi connectivity index (χ1v) is 7.96. The minimum absolute atomic E-state index is 1.14. The Hall–Kier alpha value is -0.730. The van der Waals surface area contributed by atoms with Crippen LogP contribution in [0.25, 0.3) is 4.91 Å². The zero-order valence-corrected chi connectivity index (χ0v) is 12.6. The maximum Gasteiger partial charge on any atom is 0.0175 e. The Morgan fingerprint density at radius 3 is 2.61 bits per heavy atom. The molecule has 0 amide bonds. The molecule has 0 N–H and O–H groups in total. The van der Waals surface area contributed by atoms with Crippen LogP contribution >= 0.6 is 27.7 Å². The molecule has 0 nitrogen and oxygen atoms in total. The molecular formula is C16H15BrS. The highest BCUT2D eigenvalue weighted by atomic mass is 79.9. The Morgan fingerprint density at radius 1 is 1.00 bits per heavy atom. The highest BCUT2D eigenvalue weighted by molar-refractivity contribution is 9.10. The van der Waals surface area contributed by atoms with Crippen molar-refractivity contribution in [2.24, 2.45) is 0 Å². The minimum atomic E-state index is 1.14. The van der Waals surface area contributed by atoms with Crippen molar-refractivity contribution in [3.05, 3.63) is 63.0 Å². The average Bonchev–Trinajstić information content (AvgIpc) is 2.61. The maximum atomic E-state index is 3.49. The molecule has 0 aromatic heterocycles. The Kier molecular flexibility index (Phi) is 3.76. The van der Waals surface area contributed by atoms with E-state index >= 15 is 0 Å². The van der Waals surface area contributed by atoms with Gasteiger partial charge in [-0.2, -0.15) is 0 Å². The van der Waals surface area contributed by atoms with Crippen molar-refractivity contribution in [2.75, 3.05) is 0 Å². The predicted octanol–water partition coefficient (Wildman–Crippen LogP) is 5.92. The van der Waals surface area contributed by atoms with E-state index in [1.54, 1.807) is 5.57 Å². The highest BCUT2D eigenvalue weighted by Crippen LogP contribution is 2.42. The van der Waals surface area contributed by atoms with E-state index in [-0.39, 0.29) is 0 Å². The molecule has 0 spiro atoms. The molecule has 3 rings (SSSR count). The molecular weight excluding hydrogens is 304 g/mol. The van der Waals surface area contributed by atoms with Gasteiger partial charge in [-0.15, -0.1) is 0 Å². The van der Waals surface area contributed by atoms with Crippen LogP contribution in [0.3, 0.4) is 0 Å². The molecule has 2 heteroatoms. The first kappa shape index (κ1) is 12.3. The number of thioether (sulfide) groups is 1. The molecule has 1 aliphatic carbocycles. The van der Waals surface area contributed by atoms with Gasteiger partial charge in [0.2, 0.25) is 0 Å². The monoisotopic (exact) mass is 318 g/mol.